The fraction of sp³-hybridized carbons (Fsp3) is 0.500. The van der Waals surface area contributed by atoms with Gasteiger partial charge in [-0.2, -0.15) is 13.2 Å². The van der Waals surface area contributed by atoms with E-state index in [1.807, 2.05) is 4.90 Å². The molecule has 4 nitrogen and oxygen atoms in total. The Morgan fingerprint density at radius 2 is 2.04 bits per heavy atom. The number of rotatable bonds is 3. The first kappa shape index (κ1) is 20.0. The van der Waals surface area contributed by atoms with E-state index in [0.717, 1.165) is 44.7 Å². The van der Waals surface area contributed by atoms with Crippen LogP contribution < -0.4 is 10.6 Å². The Labute approximate surface area is 143 Å². The molecule has 0 aliphatic carbocycles. The fourth-order valence-electron chi connectivity index (χ4n) is 2.28. The van der Waals surface area contributed by atoms with E-state index in [-0.39, 0.29) is 35.6 Å². The summed E-state index contributed by atoms with van der Waals surface area (Å²) >= 11 is 5.54. The van der Waals surface area contributed by atoms with E-state index in [1.54, 1.807) is 0 Å². The van der Waals surface area contributed by atoms with Gasteiger partial charge in [-0.15, -0.1) is 12.4 Å². The molecule has 1 amide bonds. The van der Waals surface area contributed by atoms with Gasteiger partial charge >= 0.3 is 6.18 Å². The molecule has 2 N–H and O–H groups in total. The Morgan fingerprint density at radius 1 is 1.30 bits per heavy atom. The van der Waals surface area contributed by atoms with E-state index in [4.69, 9.17) is 11.6 Å². The molecule has 1 saturated heterocycles. The Hall–Kier alpha value is -1.02. The van der Waals surface area contributed by atoms with Crippen molar-refractivity contribution in [3.8, 4) is 0 Å². The largest absolute Gasteiger partial charge is 0.417 e. The van der Waals surface area contributed by atoms with E-state index in [0.29, 0.717) is 0 Å². The van der Waals surface area contributed by atoms with Crippen molar-refractivity contribution in [2.75, 3.05) is 38.0 Å². The molecular formula is C14H18Cl2F3N3O. The van der Waals surface area contributed by atoms with E-state index < -0.39 is 11.7 Å². The third kappa shape index (κ3) is 6.18. The van der Waals surface area contributed by atoms with Crippen LogP contribution in [0.2, 0.25) is 5.02 Å². The summed E-state index contributed by atoms with van der Waals surface area (Å²) in [6.07, 6.45) is -3.61. The fourth-order valence-corrected chi connectivity index (χ4v) is 2.51. The third-order valence-electron chi connectivity index (χ3n) is 3.36. The highest BCUT2D eigenvalue weighted by molar-refractivity contribution is 6.31. The number of carbonyl (C=O) groups is 1. The molecule has 1 aliphatic heterocycles. The van der Waals surface area contributed by atoms with Crippen molar-refractivity contribution in [1.29, 1.82) is 0 Å². The van der Waals surface area contributed by atoms with E-state index in [1.165, 1.54) is 6.07 Å². The molecule has 1 aromatic rings. The van der Waals surface area contributed by atoms with Gasteiger partial charge in [-0.25, -0.2) is 0 Å². The average Bonchev–Trinajstić information content (AvgIpc) is 2.68. The molecule has 0 unspecified atom stereocenters. The first-order chi connectivity index (χ1) is 10.4. The van der Waals surface area contributed by atoms with E-state index >= 15 is 0 Å². The Balaban J connectivity index is 0.00000264. The van der Waals surface area contributed by atoms with Crippen LogP contribution in [0.3, 0.4) is 0 Å². The lowest BCUT2D eigenvalue weighted by Gasteiger charge is -2.19. The van der Waals surface area contributed by atoms with Crippen molar-refractivity contribution in [2.24, 2.45) is 0 Å². The zero-order chi connectivity index (χ0) is 16.2. The number of benzene rings is 1. The number of halogens is 5. The topological polar surface area (TPSA) is 44.4 Å². The molecule has 23 heavy (non-hydrogen) atoms. The van der Waals surface area contributed by atoms with Crippen LogP contribution in [0, 0.1) is 0 Å². The quantitative estimate of drug-likeness (QED) is 0.858. The van der Waals surface area contributed by atoms with Crippen LogP contribution in [-0.2, 0) is 11.0 Å². The van der Waals surface area contributed by atoms with Crippen LogP contribution in [0.25, 0.3) is 0 Å². The maximum Gasteiger partial charge on any atom is 0.417 e. The standard InChI is InChI=1S/C14H17ClF3N3O.ClH/c15-12-3-2-10(8-11(12)14(16,17)18)20-13(22)9-21-6-1-4-19-5-7-21;/h2-3,8,19H,1,4-7,9H2,(H,20,22);1H. The predicted octanol–water partition coefficient (Wildman–Crippen LogP) is 3.01. The second-order valence-corrected chi connectivity index (χ2v) is 5.53. The summed E-state index contributed by atoms with van der Waals surface area (Å²) in [6, 6.07) is 3.35. The lowest BCUT2D eigenvalue weighted by molar-refractivity contribution is -0.137. The number of anilines is 1. The normalized spacial score (nSPS) is 16.3. The van der Waals surface area contributed by atoms with Gasteiger partial charge in [-0.05, 0) is 37.7 Å². The number of amides is 1. The number of hydrogen-bond acceptors (Lipinski definition) is 3. The number of hydrogen-bond donors (Lipinski definition) is 2. The minimum Gasteiger partial charge on any atom is -0.325 e. The monoisotopic (exact) mass is 371 g/mol. The first-order valence-corrected chi connectivity index (χ1v) is 7.34. The molecule has 0 atom stereocenters. The highest BCUT2D eigenvalue weighted by Crippen LogP contribution is 2.36. The van der Waals surface area contributed by atoms with Gasteiger partial charge in [0, 0.05) is 18.8 Å². The smallest absolute Gasteiger partial charge is 0.325 e. The highest BCUT2D eigenvalue weighted by atomic mass is 35.5. The molecule has 0 radical (unpaired) electrons. The number of nitrogens with one attached hydrogen (secondary N) is 2. The second kappa shape index (κ2) is 8.73. The molecule has 130 valence electrons. The minimum absolute atomic E-state index is 0. The van der Waals surface area contributed by atoms with Crippen LogP contribution in [0.1, 0.15) is 12.0 Å². The second-order valence-electron chi connectivity index (χ2n) is 5.12. The molecule has 1 aromatic carbocycles. The van der Waals surface area contributed by atoms with Crippen LogP contribution in [0.15, 0.2) is 18.2 Å². The summed E-state index contributed by atoms with van der Waals surface area (Å²) in [5.41, 5.74) is -0.861. The van der Waals surface area contributed by atoms with Gasteiger partial charge in [0.1, 0.15) is 0 Å². The maximum atomic E-state index is 12.8. The van der Waals surface area contributed by atoms with Crippen LogP contribution in [-0.4, -0.2) is 43.5 Å². The van der Waals surface area contributed by atoms with Crippen molar-refractivity contribution in [2.45, 2.75) is 12.6 Å². The van der Waals surface area contributed by atoms with Crippen molar-refractivity contribution in [3.05, 3.63) is 28.8 Å². The van der Waals surface area contributed by atoms with Gasteiger partial charge < -0.3 is 10.6 Å². The molecular weight excluding hydrogens is 354 g/mol. The van der Waals surface area contributed by atoms with E-state index in [2.05, 4.69) is 10.6 Å². The first-order valence-electron chi connectivity index (χ1n) is 6.96. The Kier molecular flexibility index (Phi) is 7.60. The number of nitrogens with zero attached hydrogens (tertiary/aromatic N) is 1. The van der Waals surface area contributed by atoms with Gasteiger partial charge in [0.05, 0.1) is 17.1 Å². The SMILES string of the molecule is Cl.O=C(CN1CCCNCC1)Nc1ccc(Cl)c(C(F)(F)F)c1. The molecule has 0 bridgehead atoms. The molecule has 0 saturated carbocycles. The van der Waals surface area contributed by atoms with Gasteiger partial charge in [0.15, 0.2) is 0 Å². The van der Waals surface area contributed by atoms with Crippen molar-refractivity contribution in [1.82, 2.24) is 10.2 Å². The van der Waals surface area contributed by atoms with Crippen molar-refractivity contribution in [3.63, 3.8) is 0 Å². The summed E-state index contributed by atoms with van der Waals surface area (Å²) in [4.78, 5) is 13.9. The average molecular weight is 372 g/mol. The molecule has 9 heteroatoms. The van der Waals surface area contributed by atoms with Crippen LogP contribution >= 0.6 is 24.0 Å². The number of carbonyl (C=O) groups excluding carboxylic acids is 1. The zero-order valence-electron chi connectivity index (χ0n) is 12.3. The summed E-state index contributed by atoms with van der Waals surface area (Å²) in [7, 11) is 0. The zero-order valence-corrected chi connectivity index (χ0v) is 13.8. The summed E-state index contributed by atoms with van der Waals surface area (Å²) in [6.45, 7) is 3.39. The molecule has 1 aliphatic rings. The van der Waals surface area contributed by atoms with Gasteiger partial charge in [0.25, 0.3) is 0 Å². The van der Waals surface area contributed by atoms with Gasteiger partial charge in [0.2, 0.25) is 5.91 Å². The van der Waals surface area contributed by atoms with Crippen molar-refractivity contribution >= 4 is 35.6 Å². The molecule has 2 rings (SSSR count). The van der Waals surface area contributed by atoms with Crippen LogP contribution in [0.4, 0.5) is 18.9 Å². The summed E-state index contributed by atoms with van der Waals surface area (Å²) < 4.78 is 38.3. The highest BCUT2D eigenvalue weighted by Gasteiger charge is 2.33. The van der Waals surface area contributed by atoms with Gasteiger partial charge in [-0.3, -0.25) is 9.69 Å². The molecule has 0 spiro atoms. The molecule has 1 heterocycles. The third-order valence-corrected chi connectivity index (χ3v) is 3.69. The maximum absolute atomic E-state index is 12.8. The minimum atomic E-state index is -4.55. The lowest BCUT2D eigenvalue weighted by atomic mass is 10.2. The Morgan fingerprint density at radius 3 is 2.74 bits per heavy atom. The van der Waals surface area contributed by atoms with E-state index in [9.17, 15) is 18.0 Å². The summed E-state index contributed by atoms with van der Waals surface area (Å²) in [5.74, 6) is -0.336. The molecule has 0 aromatic heterocycles. The van der Waals surface area contributed by atoms with Crippen LogP contribution in [0.5, 0.6) is 0 Å². The van der Waals surface area contributed by atoms with Crippen molar-refractivity contribution < 1.29 is 18.0 Å². The predicted molar refractivity (Wildman–Crippen MR) is 86.3 cm³/mol. The summed E-state index contributed by atoms with van der Waals surface area (Å²) in [5, 5.41) is 5.32. The van der Waals surface area contributed by atoms with Gasteiger partial charge in [-0.1, -0.05) is 11.6 Å². The Bertz CT molecular complexity index is 532. The number of alkyl halides is 3. The lowest BCUT2D eigenvalue weighted by Crippen LogP contribution is -2.35. The molecule has 1 fully saturated rings.